The largest absolute Gasteiger partial charge is 0.462 e. The molecule has 1 aliphatic rings. The van der Waals surface area contributed by atoms with E-state index in [9.17, 15) is 4.79 Å². The van der Waals surface area contributed by atoms with Crippen molar-refractivity contribution in [3.05, 3.63) is 0 Å². The number of aliphatic hydroxyl groups is 1. The van der Waals surface area contributed by atoms with Crippen LogP contribution in [0.5, 0.6) is 0 Å². The van der Waals surface area contributed by atoms with E-state index in [1.54, 1.807) is 0 Å². The normalized spacial score (nSPS) is 32.1. The topological polar surface area (TPSA) is 55.8 Å². The third kappa shape index (κ3) is 3.62. The molecular weight excluding hydrogens is 272 g/mol. The molecular formula is C15H30O4Si. The highest BCUT2D eigenvalue weighted by Gasteiger charge is 2.47. The van der Waals surface area contributed by atoms with Crippen LogP contribution in [0.2, 0.25) is 18.1 Å². The molecule has 4 atom stereocenters. The summed E-state index contributed by atoms with van der Waals surface area (Å²) < 4.78 is 11.9. The summed E-state index contributed by atoms with van der Waals surface area (Å²) in [5.74, 6) is -0.330. The third-order valence-corrected chi connectivity index (χ3v) is 9.36. The molecule has 1 saturated heterocycles. The minimum Gasteiger partial charge on any atom is -0.462 e. The van der Waals surface area contributed by atoms with E-state index in [-0.39, 0.29) is 41.7 Å². The van der Waals surface area contributed by atoms with Crippen LogP contribution in [0.4, 0.5) is 0 Å². The molecule has 1 fully saturated rings. The van der Waals surface area contributed by atoms with Crippen LogP contribution < -0.4 is 0 Å². The van der Waals surface area contributed by atoms with Gasteiger partial charge in [-0.05, 0) is 25.1 Å². The Labute approximate surface area is 124 Å². The number of rotatable bonds is 4. The SMILES string of the molecule is C[C@@H]1[C@@H](O[Si](C)(C)C(C)(C)C)[C@@H](C)C(=O)O[C@H]1CCO. The molecule has 5 heteroatoms. The molecule has 4 nitrogen and oxygen atoms in total. The van der Waals surface area contributed by atoms with Gasteiger partial charge in [-0.2, -0.15) is 0 Å². The van der Waals surface area contributed by atoms with Crippen LogP contribution in [0.15, 0.2) is 0 Å². The van der Waals surface area contributed by atoms with Crippen molar-refractivity contribution in [2.45, 2.75) is 71.4 Å². The summed E-state index contributed by atoms with van der Waals surface area (Å²) in [6.07, 6.45) is 0.129. The lowest BCUT2D eigenvalue weighted by molar-refractivity contribution is -0.177. The van der Waals surface area contributed by atoms with Gasteiger partial charge in [0.05, 0.1) is 12.0 Å². The van der Waals surface area contributed by atoms with Crippen molar-refractivity contribution < 1.29 is 19.1 Å². The maximum absolute atomic E-state index is 12.0. The monoisotopic (exact) mass is 302 g/mol. The van der Waals surface area contributed by atoms with Gasteiger partial charge in [0.2, 0.25) is 0 Å². The first-order valence-electron chi connectivity index (χ1n) is 7.50. The van der Waals surface area contributed by atoms with Gasteiger partial charge in [-0.1, -0.05) is 27.7 Å². The Morgan fingerprint density at radius 1 is 1.30 bits per heavy atom. The maximum Gasteiger partial charge on any atom is 0.311 e. The Kier molecular flexibility index (Phi) is 5.44. The smallest absolute Gasteiger partial charge is 0.311 e. The number of cyclic esters (lactones) is 1. The molecule has 0 bridgehead atoms. The molecule has 0 saturated carbocycles. The maximum atomic E-state index is 12.0. The number of hydrogen-bond acceptors (Lipinski definition) is 4. The van der Waals surface area contributed by atoms with Gasteiger partial charge in [-0.15, -0.1) is 0 Å². The Morgan fingerprint density at radius 3 is 2.30 bits per heavy atom. The van der Waals surface area contributed by atoms with E-state index in [1.807, 2.05) is 6.92 Å². The van der Waals surface area contributed by atoms with Crippen LogP contribution in [0, 0.1) is 11.8 Å². The Hall–Kier alpha value is -0.393. The molecule has 0 aliphatic carbocycles. The standard InChI is InChI=1S/C15H30O4Si/c1-10-12(8-9-16)18-14(17)11(2)13(10)19-20(6,7)15(3,4)5/h10-13,16H,8-9H2,1-7H3/t10-,11+,12-,13+/m0/s1. The minimum atomic E-state index is -1.93. The summed E-state index contributed by atoms with van der Waals surface area (Å²) in [4.78, 5) is 12.0. The fourth-order valence-corrected chi connectivity index (χ4v) is 3.79. The van der Waals surface area contributed by atoms with Crippen molar-refractivity contribution in [2.24, 2.45) is 11.8 Å². The molecule has 0 aromatic carbocycles. The van der Waals surface area contributed by atoms with Crippen molar-refractivity contribution in [2.75, 3.05) is 6.61 Å². The number of carbonyl (C=O) groups is 1. The van der Waals surface area contributed by atoms with E-state index in [0.29, 0.717) is 6.42 Å². The number of esters is 1. The number of ether oxygens (including phenoxy) is 1. The van der Waals surface area contributed by atoms with Crippen LogP contribution in [-0.4, -0.2) is 38.2 Å². The van der Waals surface area contributed by atoms with Gasteiger partial charge >= 0.3 is 5.97 Å². The lowest BCUT2D eigenvalue weighted by atomic mass is 9.85. The molecule has 0 aromatic heterocycles. The second kappa shape index (κ2) is 6.16. The molecule has 118 valence electrons. The van der Waals surface area contributed by atoms with Crippen LogP contribution in [0.25, 0.3) is 0 Å². The summed E-state index contributed by atoms with van der Waals surface area (Å²) in [7, 11) is -1.93. The first-order chi connectivity index (χ1) is 9.01. The quantitative estimate of drug-likeness (QED) is 0.641. The average Bonchev–Trinajstić information content (AvgIpc) is 2.30. The number of aliphatic hydroxyl groups excluding tert-OH is 1. The van der Waals surface area contributed by atoms with E-state index >= 15 is 0 Å². The zero-order valence-electron chi connectivity index (χ0n) is 13.9. The van der Waals surface area contributed by atoms with Gasteiger partial charge in [0.25, 0.3) is 0 Å². The van der Waals surface area contributed by atoms with Crippen LogP contribution in [0.3, 0.4) is 0 Å². The first kappa shape index (κ1) is 17.7. The van der Waals surface area contributed by atoms with Gasteiger partial charge < -0.3 is 14.3 Å². The molecule has 20 heavy (non-hydrogen) atoms. The first-order valence-corrected chi connectivity index (χ1v) is 10.4. The van der Waals surface area contributed by atoms with Gasteiger partial charge in [-0.3, -0.25) is 4.79 Å². The summed E-state index contributed by atoms with van der Waals surface area (Å²) in [6, 6.07) is 0. The molecule has 0 unspecified atom stereocenters. The Bertz CT molecular complexity index is 348. The van der Waals surface area contributed by atoms with Crippen molar-refractivity contribution in [3.8, 4) is 0 Å². The van der Waals surface area contributed by atoms with Crippen LogP contribution in [0.1, 0.15) is 41.0 Å². The van der Waals surface area contributed by atoms with E-state index in [2.05, 4.69) is 40.8 Å². The van der Waals surface area contributed by atoms with E-state index in [0.717, 1.165) is 0 Å². The van der Waals surface area contributed by atoms with Gasteiger partial charge in [-0.25, -0.2) is 0 Å². The second-order valence-electron chi connectivity index (χ2n) is 7.48. The molecule has 1 N–H and O–H groups in total. The van der Waals surface area contributed by atoms with Crippen molar-refractivity contribution in [3.63, 3.8) is 0 Å². The summed E-state index contributed by atoms with van der Waals surface area (Å²) >= 11 is 0. The number of carbonyl (C=O) groups excluding carboxylic acids is 1. The lowest BCUT2D eigenvalue weighted by Crippen LogP contribution is -2.54. The predicted octanol–water partition coefficient (Wildman–Crippen LogP) is 2.96. The molecule has 0 amide bonds. The summed E-state index contributed by atoms with van der Waals surface area (Å²) in [6.45, 7) is 15.0. The van der Waals surface area contributed by atoms with Gasteiger partial charge in [0, 0.05) is 18.9 Å². The lowest BCUT2D eigenvalue weighted by Gasteiger charge is -2.46. The molecule has 0 radical (unpaired) electrons. The molecule has 1 aliphatic heterocycles. The summed E-state index contributed by atoms with van der Waals surface area (Å²) in [5, 5.41) is 9.22. The Balaban J connectivity index is 2.92. The van der Waals surface area contributed by atoms with E-state index < -0.39 is 8.32 Å². The Morgan fingerprint density at radius 2 is 1.85 bits per heavy atom. The highest BCUT2D eigenvalue weighted by atomic mass is 28.4. The minimum absolute atomic E-state index is 0.0312. The van der Waals surface area contributed by atoms with E-state index in [4.69, 9.17) is 14.3 Å². The van der Waals surface area contributed by atoms with E-state index in [1.165, 1.54) is 0 Å². The average molecular weight is 302 g/mol. The van der Waals surface area contributed by atoms with Crippen molar-refractivity contribution >= 4 is 14.3 Å². The molecule has 1 heterocycles. The predicted molar refractivity (Wildman–Crippen MR) is 82.0 cm³/mol. The fourth-order valence-electron chi connectivity index (χ4n) is 2.34. The van der Waals surface area contributed by atoms with Crippen LogP contribution in [-0.2, 0) is 14.0 Å². The molecule has 0 spiro atoms. The second-order valence-corrected chi connectivity index (χ2v) is 12.2. The highest BCUT2D eigenvalue weighted by molar-refractivity contribution is 6.74. The number of hydrogen-bond donors (Lipinski definition) is 1. The molecule has 1 rings (SSSR count). The van der Waals surface area contributed by atoms with Gasteiger partial charge in [0.15, 0.2) is 8.32 Å². The van der Waals surface area contributed by atoms with Crippen molar-refractivity contribution in [1.29, 1.82) is 0 Å². The zero-order valence-corrected chi connectivity index (χ0v) is 14.9. The van der Waals surface area contributed by atoms with Crippen molar-refractivity contribution in [1.82, 2.24) is 0 Å². The highest BCUT2D eigenvalue weighted by Crippen LogP contribution is 2.41. The molecule has 0 aromatic rings. The zero-order chi connectivity index (χ0) is 15.7. The third-order valence-electron chi connectivity index (χ3n) is 4.89. The summed E-state index contributed by atoms with van der Waals surface area (Å²) in [5.41, 5.74) is 0. The van der Waals surface area contributed by atoms with Crippen LogP contribution >= 0.6 is 0 Å². The van der Waals surface area contributed by atoms with Gasteiger partial charge in [0.1, 0.15) is 6.10 Å². The fraction of sp³-hybridized carbons (Fsp3) is 0.933.